The molecule has 1 N–H and O–H groups in total. The SMILES string of the molecule is CNc1ncc(C(=O)N(CCC2=CCCCC2)Cc2ccccc2C)cn1. The number of amides is 1. The molecule has 0 atom stereocenters. The monoisotopic (exact) mass is 364 g/mol. The first-order chi connectivity index (χ1) is 13.2. The number of aryl methyl sites for hydroxylation is 1. The molecule has 1 aliphatic rings. The highest BCUT2D eigenvalue weighted by Gasteiger charge is 2.18. The second kappa shape index (κ2) is 9.31. The Hall–Kier alpha value is -2.69. The van der Waals surface area contributed by atoms with E-state index in [1.54, 1.807) is 19.4 Å². The normalized spacial score (nSPS) is 13.8. The van der Waals surface area contributed by atoms with Crippen LogP contribution in [-0.2, 0) is 6.54 Å². The van der Waals surface area contributed by atoms with Crippen LogP contribution >= 0.6 is 0 Å². The number of carbonyl (C=O) groups is 1. The lowest BCUT2D eigenvalue weighted by Crippen LogP contribution is -2.32. The fourth-order valence-corrected chi connectivity index (χ4v) is 3.41. The third-order valence-corrected chi connectivity index (χ3v) is 5.12. The standard InChI is InChI=1S/C22H28N4O/c1-17-8-6-7-11-19(17)16-26(13-12-18-9-4-3-5-10-18)21(27)20-14-24-22(23-2)25-15-20/h6-9,11,14-15H,3-5,10,12-13,16H2,1-2H3,(H,23,24,25). The van der Waals surface area contributed by atoms with Crippen LogP contribution < -0.4 is 5.32 Å². The van der Waals surface area contributed by atoms with Crippen molar-refractivity contribution in [3.05, 3.63) is 65.0 Å². The summed E-state index contributed by atoms with van der Waals surface area (Å²) in [5, 5.41) is 2.88. The molecule has 0 aliphatic heterocycles. The van der Waals surface area contributed by atoms with Gasteiger partial charge in [-0.2, -0.15) is 0 Å². The van der Waals surface area contributed by atoms with Crippen LogP contribution in [0.1, 0.15) is 53.6 Å². The molecule has 0 saturated carbocycles. The number of hydrogen-bond donors (Lipinski definition) is 1. The maximum Gasteiger partial charge on any atom is 0.257 e. The van der Waals surface area contributed by atoms with E-state index in [1.165, 1.54) is 36.0 Å². The van der Waals surface area contributed by atoms with Crippen molar-refractivity contribution in [1.29, 1.82) is 0 Å². The van der Waals surface area contributed by atoms with Crippen LogP contribution in [0.15, 0.2) is 48.3 Å². The lowest BCUT2D eigenvalue weighted by molar-refractivity contribution is 0.0743. The smallest absolute Gasteiger partial charge is 0.257 e. The Morgan fingerprint density at radius 1 is 1.19 bits per heavy atom. The van der Waals surface area contributed by atoms with Gasteiger partial charge in [-0.05, 0) is 50.2 Å². The summed E-state index contributed by atoms with van der Waals surface area (Å²) in [7, 11) is 1.76. The maximum absolute atomic E-state index is 13.1. The van der Waals surface area contributed by atoms with Gasteiger partial charge in [0, 0.05) is 32.5 Å². The summed E-state index contributed by atoms with van der Waals surface area (Å²) >= 11 is 0. The molecule has 1 aromatic carbocycles. The van der Waals surface area contributed by atoms with Crippen LogP contribution in [0.2, 0.25) is 0 Å². The van der Waals surface area contributed by atoms with E-state index in [0.29, 0.717) is 24.6 Å². The molecule has 1 aromatic heterocycles. The molecule has 1 heterocycles. The molecular weight excluding hydrogens is 336 g/mol. The molecule has 0 unspecified atom stereocenters. The topological polar surface area (TPSA) is 58.1 Å². The van der Waals surface area contributed by atoms with Gasteiger partial charge in [-0.25, -0.2) is 9.97 Å². The molecule has 142 valence electrons. The lowest BCUT2D eigenvalue weighted by Gasteiger charge is -2.25. The zero-order chi connectivity index (χ0) is 19.1. The zero-order valence-electron chi connectivity index (χ0n) is 16.2. The summed E-state index contributed by atoms with van der Waals surface area (Å²) in [5.41, 5.74) is 4.39. The van der Waals surface area contributed by atoms with Gasteiger partial charge in [-0.1, -0.05) is 35.9 Å². The van der Waals surface area contributed by atoms with Crippen molar-refractivity contribution >= 4 is 11.9 Å². The van der Waals surface area contributed by atoms with Crippen LogP contribution in [0.25, 0.3) is 0 Å². The third-order valence-electron chi connectivity index (χ3n) is 5.12. The minimum atomic E-state index is -0.0164. The first-order valence-electron chi connectivity index (χ1n) is 9.69. The summed E-state index contributed by atoms with van der Waals surface area (Å²) < 4.78 is 0. The van der Waals surface area contributed by atoms with E-state index in [-0.39, 0.29) is 5.91 Å². The Kier molecular flexibility index (Phi) is 6.58. The van der Waals surface area contributed by atoms with Crippen molar-refractivity contribution in [2.45, 2.75) is 45.6 Å². The number of allylic oxidation sites excluding steroid dienone is 1. The molecule has 3 rings (SSSR count). The summed E-state index contributed by atoms with van der Waals surface area (Å²) in [6.07, 6.45) is 11.4. The molecule has 0 saturated heterocycles. The lowest BCUT2D eigenvalue weighted by atomic mass is 9.97. The van der Waals surface area contributed by atoms with Crippen LogP contribution in [0.4, 0.5) is 5.95 Å². The van der Waals surface area contributed by atoms with Gasteiger partial charge in [0.2, 0.25) is 5.95 Å². The molecule has 1 amide bonds. The van der Waals surface area contributed by atoms with Crippen LogP contribution in [0, 0.1) is 6.92 Å². The Balaban J connectivity index is 1.77. The quantitative estimate of drug-likeness (QED) is 0.742. The Morgan fingerprint density at radius 2 is 1.96 bits per heavy atom. The summed E-state index contributed by atoms with van der Waals surface area (Å²) in [6, 6.07) is 8.24. The average molecular weight is 364 g/mol. The van der Waals surface area contributed by atoms with E-state index >= 15 is 0 Å². The molecule has 0 spiro atoms. The van der Waals surface area contributed by atoms with Gasteiger partial charge >= 0.3 is 0 Å². The van der Waals surface area contributed by atoms with E-state index in [2.05, 4.69) is 40.4 Å². The first kappa shape index (κ1) is 19.1. The molecule has 0 bridgehead atoms. The van der Waals surface area contributed by atoms with Gasteiger partial charge in [0.05, 0.1) is 5.56 Å². The minimum Gasteiger partial charge on any atom is -0.357 e. The van der Waals surface area contributed by atoms with Gasteiger partial charge in [0.1, 0.15) is 0 Å². The predicted octanol–water partition coefficient (Wildman–Crippen LogP) is 4.36. The summed E-state index contributed by atoms with van der Waals surface area (Å²) in [6.45, 7) is 3.41. The fraction of sp³-hybridized carbons (Fsp3) is 0.409. The number of nitrogens with zero attached hydrogens (tertiary/aromatic N) is 3. The van der Waals surface area contributed by atoms with Crippen molar-refractivity contribution in [3.63, 3.8) is 0 Å². The molecule has 27 heavy (non-hydrogen) atoms. The van der Waals surface area contributed by atoms with Crippen molar-refractivity contribution in [1.82, 2.24) is 14.9 Å². The third kappa shape index (κ3) is 5.16. The molecule has 1 aliphatic carbocycles. The second-order valence-corrected chi connectivity index (χ2v) is 7.06. The molecule has 5 nitrogen and oxygen atoms in total. The van der Waals surface area contributed by atoms with Gasteiger partial charge in [0.25, 0.3) is 5.91 Å². The molecule has 2 aromatic rings. The van der Waals surface area contributed by atoms with Gasteiger partial charge in [-0.15, -0.1) is 0 Å². The number of rotatable bonds is 7. The predicted molar refractivity (Wildman–Crippen MR) is 109 cm³/mol. The van der Waals surface area contributed by atoms with Crippen LogP contribution in [0.3, 0.4) is 0 Å². The number of hydrogen-bond acceptors (Lipinski definition) is 4. The maximum atomic E-state index is 13.1. The van der Waals surface area contributed by atoms with E-state index in [9.17, 15) is 4.79 Å². The van der Waals surface area contributed by atoms with E-state index in [0.717, 1.165) is 12.8 Å². The van der Waals surface area contributed by atoms with E-state index in [1.807, 2.05) is 17.0 Å². The number of benzene rings is 1. The minimum absolute atomic E-state index is 0.0164. The molecule has 0 radical (unpaired) electrons. The number of aromatic nitrogens is 2. The number of carbonyl (C=O) groups excluding carboxylic acids is 1. The Labute approximate surface area is 161 Å². The van der Waals surface area contributed by atoms with Crippen molar-refractivity contribution < 1.29 is 4.79 Å². The molecule has 0 fully saturated rings. The largest absolute Gasteiger partial charge is 0.357 e. The Bertz CT molecular complexity index is 798. The molecular formula is C22H28N4O. The molecule has 5 heteroatoms. The average Bonchev–Trinajstić information content (AvgIpc) is 2.72. The van der Waals surface area contributed by atoms with Crippen molar-refractivity contribution in [2.75, 3.05) is 18.9 Å². The van der Waals surface area contributed by atoms with Crippen LogP contribution in [-0.4, -0.2) is 34.4 Å². The van der Waals surface area contributed by atoms with Gasteiger partial charge < -0.3 is 10.2 Å². The fourth-order valence-electron chi connectivity index (χ4n) is 3.41. The Morgan fingerprint density at radius 3 is 2.63 bits per heavy atom. The summed E-state index contributed by atoms with van der Waals surface area (Å²) in [5.74, 6) is 0.502. The number of nitrogens with one attached hydrogen (secondary N) is 1. The van der Waals surface area contributed by atoms with Gasteiger partial charge in [0.15, 0.2) is 0 Å². The zero-order valence-corrected chi connectivity index (χ0v) is 16.2. The van der Waals surface area contributed by atoms with Crippen LogP contribution in [0.5, 0.6) is 0 Å². The van der Waals surface area contributed by atoms with Crippen molar-refractivity contribution in [3.8, 4) is 0 Å². The highest BCUT2D eigenvalue weighted by Crippen LogP contribution is 2.22. The first-order valence-corrected chi connectivity index (χ1v) is 9.69. The highest BCUT2D eigenvalue weighted by atomic mass is 16.2. The second-order valence-electron chi connectivity index (χ2n) is 7.06. The van der Waals surface area contributed by atoms with E-state index in [4.69, 9.17) is 0 Å². The van der Waals surface area contributed by atoms with Gasteiger partial charge in [-0.3, -0.25) is 4.79 Å². The van der Waals surface area contributed by atoms with Crippen molar-refractivity contribution in [2.24, 2.45) is 0 Å². The number of anilines is 1. The van der Waals surface area contributed by atoms with E-state index < -0.39 is 0 Å². The highest BCUT2D eigenvalue weighted by molar-refractivity contribution is 5.93. The summed E-state index contributed by atoms with van der Waals surface area (Å²) in [4.78, 5) is 23.5.